The Hall–Kier alpha value is -4.25. The standard InChI is InChI=1S/C24H24N4O6S/c1-17-9-11-21(18(2)13-17)27(35(32,33)20-7-5-4-6-8-20)16-24(29)26-25-15-19-10-12-23(34-3)22(14-19)28(30)31/h4-15H,16H2,1-3H3,(H,26,29)/b25-15+. The first-order valence-corrected chi connectivity index (χ1v) is 11.9. The third-order valence-corrected chi connectivity index (χ3v) is 6.82. The zero-order valence-electron chi connectivity index (χ0n) is 19.3. The first-order chi connectivity index (χ1) is 16.6. The van der Waals surface area contributed by atoms with E-state index >= 15 is 0 Å². The molecule has 3 aromatic carbocycles. The van der Waals surface area contributed by atoms with Gasteiger partial charge in [-0.3, -0.25) is 19.2 Å². The molecule has 10 nitrogen and oxygen atoms in total. The summed E-state index contributed by atoms with van der Waals surface area (Å²) in [7, 11) is -2.73. The fourth-order valence-corrected chi connectivity index (χ4v) is 4.89. The van der Waals surface area contributed by atoms with Crippen molar-refractivity contribution in [3.8, 4) is 5.75 Å². The number of nitro benzene ring substituents is 1. The number of carbonyl (C=O) groups excluding carboxylic acids is 1. The second-order valence-corrected chi connectivity index (χ2v) is 9.46. The molecule has 0 aliphatic carbocycles. The Kier molecular flexibility index (Phi) is 7.82. The zero-order valence-corrected chi connectivity index (χ0v) is 20.2. The lowest BCUT2D eigenvalue weighted by molar-refractivity contribution is -0.385. The van der Waals surface area contributed by atoms with Gasteiger partial charge in [-0.25, -0.2) is 13.8 Å². The third-order valence-electron chi connectivity index (χ3n) is 5.04. The number of nitro groups is 1. The number of nitrogens with zero attached hydrogens (tertiary/aromatic N) is 3. The number of benzene rings is 3. The van der Waals surface area contributed by atoms with Crippen molar-refractivity contribution in [1.29, 1.82) is 0 Å². The van der Waals surface area contributed by atoms with Crippen LogP contribution in [-0.4, -0.2) is 39.1 Å². The number of hydrogen-bond acceptors (Lipinski definition) is 7. The van der Waals surface area contributed by atoms with Crippen LogP contribution < -0.4 is 14.5 Å². The van der Waals surface area contributed by atoms with Crippen molar-refractivity contribution in [1.82, 2.24) is 5.43 Å². The summed E-state index contributed by atoms with van der Waals surface area (Å²) in [6, 6.07) is 17.3. The number of amides is 1. The molecule has 1 N–H and O–H groups in total. The van der Waals surface area contributed by atoms with Crippen molar-refractivity contribution in [2.45, 2.75) is 18.7 Å². The molecule has 0 fully saturated rings. The Morgan fingerprint density at radius 2 is 1.83 bits per heavy atom. The van der Waals surface area contributed by atoms with Crippen LogP contribution in [0.4, 0.5) is 11.4 Å². The van der Waals surface area contributed by atoms with Gasteiger partial charge < -0.3 is 4.74 Å². The van der Waals surface area contributed by atoms with Crippen LogP contribution >= 0.6 is 0 Å². The summed E-state index contributed by atoms with van der Waals surface area (Å²) >= 11 is 0. The summed E-state index contributed by atoms with van der Waals surface area (Å²) in [5, 5.41) is 15.0. The molecular weight excluding hydrogens is 472 g/mol. The quantitative estimate of drug-likeness (QED) is 0.274. The number of methoxy groups -OCH3 is 1. The first kappa shape index (κ1) is 25.4. The summed E-state index contributed by atoms with van der Waals surface area (Å²) in [5.74, 6) is -0.602. The average molecular weight is 497 g/mol. The number of ether oxygens (including phenoxy) is 1. The molecule has 0 aromatic heterocycles. The van der Waals surface area contributed by atoms with E-state index in [9.17, 15) is 23.3 Å². The third kappa shape index (κ3) is 6.01. The topological polar surface area (TPSA) is 131 Å². The maximum Gasteiger partial charge on any atom is 0.311 e. The highest BCUT2D eigenvalue weighted by atomic mass is 32.2. The number of hydrazone groups is 1. The minimum absolute atomic E-state index is 0.0434. The Morgan fingerprint density at radius 3 is 2.46 bits per heavy atom. The van der Waals surface area contributed by atoms with Crippen LogP contribution in [0.5, 0.6) is 5.75 Å². The molecule has 0 aliphatic heterocycles. The molecule has 0 bridgehead atoms. The highest BCUT2D eigenvalue weighted by Gasteiger charge is 2.28. The molecule has 182 valence electrons. The average Bonchev–Trinajstić information content (AvgIpc) is 2.83. The predicted octanol–water partition coefficient (Wildman–Crippen LogP) is 3.57. The summed E-state index contributed by atoms with van der Waals surface area (Å²) in [6.45, 7) is 3.13. The van der Waals surface area contributed by atoms with Crippen molar-refractivity contribution < 1.29 is 22.9 Å². The number of sulfonamides is 1. The van der Waals surface area contributed by atoms with Crippen LogP contribution in [0.1, 0.15) is 16.7 Å². The summed E-state index contributed by atoms with van der Waals surface area (Å²) in [6.07, 6.45) is 1.22. The van der Waals surface area contributed by atoms with Gasteiger partial charge in [0.05, 0.1) is 28.8 Å². The van der Waals surface area contributed by atoms with Gasteiger partial charge in [-0.05, 0) is 49.7 Å². The van der Waals surface area contributed by atoms with Crippen molar-refractivity contribution in [3.05, 3.63) is 93.5 Å². The maximum atomic E-state index is 13.4. The minimum atomic E-state index is -4.05. The Morgan fingerprint density at radius 1 is 1.11 bits per heavy atom. The van der Waals surface area contributed by atoms with Crippen LogP contribution in [0, 0.1) is 24.0 Å². The molecule has 35 heavy (non-hydrogen) atoms. The van der Waals surface area contributed by atoms with Crippen LogP contribution in [0.25, 0.3) is 0 Å². The van der Waals surface area contributed by atoms with Gasteiger partial charge in [0.15, 0.2) is 5.75 Å². The smallest absolute Gasteiger partial charge is 0.311 e. The van der Waals surface area contributed by atoms with Gasteiger partial charge in [0.25, 0.3) is 15.9 Å². The SMILES string of the molecule is COc1ccc(/C=N/NC(=O)CN(c2ccc(C)cc2C)S(=O)(=O)c2ccccc2)cc1[N+](=O)[O-]. The van der Waals surface area contributed by atoms with Gasteiger partial charge in [-0.1, -0.05) is 35.9 Å². The molecule has 0 saturated heterocycles. The molecule has 0 saturated carbocycles. The van der Waals surface area contributed by atoms with E-state index in [2.05, 4.69) is 10.5 Å². The summed E-state index contributed by atoms with van der Waals surface area (Å²) < 4.78 is 32.8. The first-order valence-electron chi connectivity index (χ1n) is 10.4. The molecule has 3 rings (SSSR count). The largest absolute Gasteiger partial charge is 0.490 e. The van der Waals surface area contributed by atoms with Crippen LogP contribution in [-0.2, 0) is 14.8 Å². The van der Waals surface area contributed by atoms with Crippen LogP contribution in [0.15, 0.2) is 76.7 Å². The van der Waals surface area contributed by atoms with Gasteiger partial charge in [0, 0.05) is 11.6 Å². The van der Waals surface area contributed by atoms with E-state index in [1.165, 1.54) is 43.7 Å². The summed E-state index contributed by atoms with van der Waals surface area (Å²) in [4.78, 5) is 23.3. The van der Waals surface area contributed by atoms with E-state index in [1.54, 1.807) is 37.3 Å². The Balaban J connectivity index is 1.85. The zero-order chi connectivity index (χ0) is 25.6. The molecule has 0 atom stereocenters. The molecule has 11 heteroatoms. The lowest BCUT2D eigenvalue weighted by atomic mass is 10.1. The Bertz CT molecular complexity index is 1370. The predicted molar refractivity (Wildman–Crippen MR) is 132 cm³/mol. The van der Waals surface area contributed by atoms with Gasteiger partial charge in [-0.2, -0.15) is 5.10 Å². The molecular formula is C24H24N4O6S. The Labute approximate surface area is 203 Å². The summed E-state index contributed by atoms with van der Waals surface area (Å²) in [5.41, 5.74) is 4.38. The van der Waals surface area contributed by atoms with E-state index in [0.717, 1.165) is 9.87 Å². The van der Waals surface area contributed by atoms with Crippen molar-refractivity contribution >= 4 is 33.5 Å². The monoisotopic (exact) mass is 496 g/mol. The van der Waals surface area contributed by atoms with E-state index in [-0.39, 0.29) is 16.3 Å². The van der Waals surface area contributed by atoms with Crippen molar-refractivity contribution in [2.24, 2.45) is 5.10 Å². The number of anilines is 1. The molecule has 0 radical (unpaired) electrons. The number of hydrogen-bond donors (Lipinski definition) is 1. The van der Waals surface area contributed by atoms with Crippen molar-refractivity contribution in [2.75, 3.05) is 18.0 Å². The maximum absolute atomic E-state index is 13.4. The molecule has 0 aliphatic rings. The molecule has 0 spiro atoms. The second kappa shape index (κ2) is 10.8. The number of rotatable bonds is 9. The number of aryl methyl sites for hydroxylation is 2. The van der Waals surface area contributed by atoms with Gasteiger partial charge in [-0.15, -0.1) is 0 Å². The number of nitrogens with one attached hydrogen (secondary N) is 1. The highest BCUT2D eigenvalue weighted by molar-refractivity contribution is 7.92. The second-order valence-electron chi connectivity index (χ2n) is 7.60. The normalized spacial score (nSPS) is 11.3. The van der Waals surface area contributed by atoms with E-state index in [4.69, 9.17) is 4.74 Å². The van der Waals surface area contributed by atoms with E-state index in [0.29, 0.717) is 16.8 Å². The van der Waals surface area contributed by atoms with Gasteiger partial charge in [0.1, 0.15) is 6.54 Å². The molecule has 3 aromatic rings. The molecule has 0 unspecified atom stereocenters. The van der Waals surface area contributed by atoms with Gasteiger partial charge >= 0.3 is 5.69 Å². The molecule has 1 amide bonds. The van der Waals surface area contributed by atoms with Crippen molar-refractivity contribution in [3.63, 3.8) is 0 Å². The van der Waals surface area contributed by atoms with Crippen LogP contribution in [0.2, 0.25) is 0 Å². The van der Waals surface area contributed by atoms with Crippen LogP contribution in [0.3, 0.4) is 0 Å². The van der Waals surface area contributed by atoms with E-state index in [1.807, 2.05) is 13.0 Å². The lowest BCUT2D eigenvalue weighted by Gasteiger charge is -2.25. The highest BCUT2D eigenvalue weighted by Crippen LogP contribution is 2.28. The fraction of sp³-hybridized carbons (Fsp3) is 0.167. The lowest BCUT2D eigenvalue weighted by Crippen LogP contribution is -2.40. The van der Waals surface area contributed by atoms with Gasteiger partial charge in [0.2, 0.25) is 0 Å². The minimum Gasteiger partial charge on any atom is -0.490 e. The molecule has 0 heterocycles. The number of carbonyl (C=O) groups is 1. The fourth-order valence-electron chi connectivity index (χ4n) is 3.38. The van der Waals surface area contributed by atoms with E-state index < -0.39 is 27.4 Å².